The first kappa shape index (κ1) is 23.0. The summed E-state index contributed by atoms with van der Waals surface area (Å²) in [5.74, 6) is 1.04. The van der Waals surface area contributed by atoms with E-state index < -0.39 is 17.9 Å². The van der Waals surface area contributed by atoms with Gasteiger partial charge in [0.05, 0.1) is 4.88 Å². The first-order chi connectivity index (χ1) is 14.8. The number of aliphatic carboxylic acids is 2. The molecule has 3 aromatic rings. The number of hydrogen-bond acceptors (Lipinski definition) is 6. The lowest BCUT2D eigenvalue weighted by atomic mass is 10.1. The lowest BCUT2D eigenvalue weighted by Gasteiger charge is -2.10. The van der Waals surface area contributed by atoms with Gasteiger partial charge in [-0.15, -0.1) is 24.0 Å². The average Bonchev–Trinajstić information content (AvgIpc) is 3.14. The van der Waals surface area contributed by atoms with Crippen LogP contribution < -0.4 is 5.32 Å². The number of thiocarbonyl (C=S) groups is 1. The molecule has 0 unspecified atom stereocenters. The number of hydrogen-bond donors (Lipinski definition) is 4. The molecule has 0 atom stereocenters. The van der Waals surface area contributed by atoms with Gasteiger partial charge in [-0.2, -0.15) is 0 Å². The molecule has 2 aromatic heterocycles. The topological polar surface area (TPSA) is 99.5 Å². The summed E-state index contributed by atoms with van der Waals surface area (Å²) in [6.07, 6.45) is 1.35. The smallest absolute Gasteiger partial charge is 0.318 e. The number of benzene rings is 1. The summed E-state index contributed by atoms with van der Waals surface area (Å²) in [5, 5.41) is 22.4. The molecule has 3 rings (SSSR count). The summed E-state index contributed by atoms with van der Waals surface area (Å²) in [4.78, 5) is 28.8. The van der Waals surface area contributed by atoms with Gasteiger partial charge >= 0.3 is 11.9 Å². The van der Waals surface area contributed by atoms with E-state index in [1.807, 2.05) is 24.3 Å². The Balaban J connectivity index is 1.76. The number of carboxylic acids is 2. The quantitative estimate of drug-likeness (QED) is 0.177. The fourth-order valence-electron chi connectivity index (χ4n) is 2.60. The molecule has 0 bridgehead atoms. The first-order valence-corrected chi connectivity index (χ1v) is 10.9. The number of nitrogens with one attached hydrogen (secondary N) is 1. The van der Waals surface area contributed by atoms with Gasteiger partial charge in [-0.3, -0.25) is 9.59 Å². The van der Waals surface area contributed by atoms with E-state index in [2.05, 4.69) is 34.8 Å². The number of carbonyl (C=O) groups is 2. The summed E-state index contributed by atoms with van der Waals surface area (Å²) >= 11 is 17.3. The Morgan fingerprint density at radius 2 is 1.94 bits per heavy atom. The van der Waals surface area contributed by atoms with Gasteiger partial charge in [-0.25, -0.2) is 4.98 Å². The van der Waals surface area contributed by atoms with E-state index in [9.17, 15) is 9.59 Å². The highest BCUT2D eigenvalue weighted by Crippen LogP contribution is 2.30. The highest BCUT2D eigenvalue weighted by atomic mass is 35.5. The number of pyridine rings is 1. The standard InChI is InChI=1S/C21H15ClN2O4S3/c22-12-6-4-11(5-7-12)9-23-18(30)16-10-24-19-15(17(16)29)8-13(31-19)2-1-3-14(20(25)26)21(27)28/h4-8,10,14H,3,9H2,(H,23,30)(H,24,29)(H,25,26)(H,27,28). The van der Waals surface area contributed by atoms with Crippen molar-refractivity contribution in [3.63, 3.8) is 0 Å². The Morgan fingerprint density at radius 3 is 2.58 bits per heavy atom. The minimum atomic E-state index is -1.56. The number of aromatic nitrogens is 1. The van der Waals surface area contributed by atoms with E-state index in [4.69, 9.17) is 34.0 Å². The predicted molar refractivity (Wildman–Crippen MR) is 127 cm³/mol. The van der Waals surface area contributed by atoms with E-state index in [1.165, 1.54) is 11.3 Å². The van der Waals surface area contributed by atoms with E-state index in [1.54, 1.807) is 12.3 Å². The third-order valence-corrected chi connectivity index (χ3v) is 6.32. The highest BCUT2D eigenvalue weighted by Gasteiger charge is 2.24. The molecule has 0 amide bonds. The van der Waals surface area contributed by atoms with Crippen molar-refractivity contribution in [2.45, 2.75) is 17.9 Å². The van der Waals surface area contributed by atoms with Crippen LogP contribution in [0.1, 0.15) is 22.4 Å². The van der Waals surface area contributed by atoms with Gasteiger partial charge in [-0.05, 0) is 23.8 Å². The fourth-order valence-corrected chi connectivity index (χ4v) is 4.33. The second-order valence-electron chi connectivity index (χ2n) is 6.39. The van der Waals surface area contributed by atoms with Crippen molar-refractivity contribution in [3.8, 4) is 11.8 Å². The van der Waals surface area contributed by atoms with Gasteiger partial charge < -0.3 is 15.5 Å². The molecule has 6 nitrogen and oxygen atoms in total. The second kappa shape index (κ2) is 10.1. The molecule has 0 aliphatic rings. The van der Waals surface area contributed by atoms with E-state index >= 15 is 0 Å². The number of rotatable bonds is 6. The lowest BCUT2D eigenvalue weighted by molar-refractivity contribution is -0.154. The molecule has 2 heterocycles. The van der Waals surface area contributed by atoms with Crippen LogP contribution in [0, 0.1) is 17.8 Å². The van der Waals surface area contributed by atoms with Gasteiger partial charge in [0, 0.05) is 40.0 Å². The molecule has 0 saturated heterocycles. The number of carboxylic acid groups (broad SMARTS) is 2. The summed E-state index contributed by atoms with van der Waals surface area (Å²) in [6.45, 7) is 0.524. The van der Waals surface area contributed by atoms with E-state index in [0.29, 0.717) is 36.7 Å². The van der Waals surface area contributed by atoms with Crippen molar-refractivity contribution < 1.29 is 19.8 Å². The van der Waals surface area contributed by atoms with Crippen LogP contribution in [0.25, 0.3) is 10.2 Å². The van der Waals surface area contributed by atoms with Crippen molar-refractivity contribution in [2.75, 3.05) is 0 Å². The summed E-state index contributed by atoms with van der Waals surface area (Å²) in [6, 6.07) is 9.21. The Labute approximate surface area is 197 Å². The molecule has 0 aliphatic carbocycles. The first-order valence-electron chi connectivity index (χ1n) is 8.85. The monoisotopic (exact) mass is 490 g/mol. The van der Waals surface area contributed by atoms with Crippen molar-refractivity contribution in [2.24, 2.45) is 5.92 Å². The molecule has 158 valence electrons. The Hall–Kier alpha value is -2.64. The molecule has 0 aliphatic heterocycles. The molecule has 0 fully saturated rings. The zero-order chi connectivity index (χ0) is 22.5. The molecule has 1 aromatic carbocycles. The zero-order valence-electron chi connectivity index (χ0n) is 15.8. The summed E-state index contributed by atoms with van der Waals surface area (Å²) in [7, 11) is 0. The van der Waals surface area contributed by atoms with Crippen LogP contribution in [0.3, 0.4) is 0 Å². The van der Waals surface area contributed by atoms with Crippen LogP contribution in [0.15, 0.2) is 41.4 Å². The summed E-state index contributed by atoms with van der Waals surface area (Å²) in [5.41, 5.74) is 1.70. The van der Waals surface area contributed by atoms with Gasteiger partial charge in [0.25, 0.3) is 0 Å². The van der Waals surface area contributed by atoms with E-state index in [0.717, 1.165) is 10.9 Å². The maximum absolute atomic E-state index is 10.9. The molecule has 0 radical (unpaired) electrons. The second-order valence-corrected chi connectivity index (χ2v) is 8.72. The van der Waals surface area contributed by atoms with Crippen LogP contribution in [0.5, 0.6) is 0 Å². The molecule has 0 saturated carbocycles. The van der Waals surface area contributed by atoms with Crippen LogP contribution in [-0.4, -0.2) is 32.1 Å². The van der Waals surface area contributed by atoms with E-state index in [-0.39, 0.29) is 6.42 Å². The zero-order valence-corrected chi connectivity index (χ0v) is 19.0. The van der Waals surface area contributed by atoms with Gasteiger partial charge in [0.15, 0.2) is 5.92 Å². The van der Waals surface area contributed by atoms with Crippen molar-refractivity contribution in [1.29, 1.82) is 0 Å². The maximum atomic E-state index is 10.9. The lowest BCUT2D eigenvalue weighted by Crippen LogP contribution is -2.22. The molecule has 10 heteroatoms. The normalized spacial score (nSPS) is 10.5. The average molecular weight is 491 g/mol. The number of thiophene rings is 1. The number of nitrogens with zero attached hydrogens (tertiary/aromatic N) is 1. The van der Waals surface area contributed by atoms with Crippen molar-refractivity contribution >= 4 is 74.9 Å². The molecular formula is C21H15ClN2O4S3. The van der Waals surface area contributed by atoms with Gasteiger partial charge in [-0.1, -0.05) is 47.8 Å². The number of halogens is 1. The Morgan fingerprint density at radius 1 is 1.26 bits per heavy atom. The SMILES string of the molecule is O=C(O)C(CC#Cc1cc2c(S)c(C(=S)NCc3ccc(Cl)cc3)cnc2s1)C(=O)O. The largest absolute Gasteiger partial charge is 0.481 e. The fraction of sp³-hybridized carbons (Fsp3) is 0.143. The van der Waals surface area contributed by atoms with Crippen molar-refractivity contribution in [1.82, 2.24) is 10.3 Å². The van der Waals surface area contributed by atoms with Crippen LogP contribution in [-0.2, 0) is 16.1 Å². The van der Waals surface area contributed by atoms with Crippen LogP contribution in [0.4, 0.5) is 0 Å². The Kier molecular flexibility index (Phi) is 7.51. The maximum Gasteiger partial charge on any atom is 0.318 e. The minimum absolute atomic E-state index is 0.288. The van der Waals surface area contributed by atoms with Gasteiger partial charge in [0.2, 0.25) is 0 Å². The third-order valence-electron chi connectivity index (χ3n) is 4.26. The van der Waals surface area contributed by atoms with Crippen LogP contribution in [0.2, 0.25) is 5.02 Å². The Bertz CT molecular complexity index is 1220. The molecule has 3 N–H and O–H groups in total. The van der Waals surface area contributed by atoms with Crippen molar-refractivity contribution in [3.05, 3.63) is 57.6 Å². The van der Waals surface area contributed by atoms with Crippen LogP contribution >= 0.6 is 47.8 Å². The minimum Gasteiger partial charge on any atom is -0.481 e. The molecule has 0 spiro atoms. The van der Waals surface area contributed by atoms with Gasteiger partial charge in [0.1, 0.15) is 9.82 Å². The third kappa shape index (κ3) is 5.74. The summed E-state index contributed by atoms with van der Waals surface area (Å²) < 4.78 is 0. The number of thiol groups is 1. The molecule has 31 heavy (non-hydrogen) atoms. The molecular weight excluding hydrogens is 476 g/mol. The predicted octanol–water partition coefficient (Wildman–Crippen LogP) is 4.23. The number of fused-ring (bicyclic) bond motifs is 1. The highest BCUT2D eigenvalue weighted by molar-refractivity contribution is 7.82.